The number of hydrogen-bond donors (Lipinski definition) is 0. The molecule has 2 aromatic carbocycles. The van der Waals surface area contributed by atoms with Crippen molar-refractivity contribution in [2.45, 2.75) is 11.1 Å². The van der Waals surface area contributed by atoms with Gasteiger partial charge in [0, 0.05) is 29.5 Å². The van der Waals surface area contributed by atoms with Gasteiger partial charge >= 0.3 is 6.18 Å². The normalized spacial score (nSPS) is 12.4. The van der Waals surface area contributed by atoms with Crippen LogP contribution < -0.4 is 0 Å². The minimum atomic E-state index is -4.62. The molecule has 0 aliphatic rings. The molecule has 0 bridgehead atoms. The maximum absolute atomic E-state index is 13.7. The zero-order valence-electron chi connectivity index (χ0n) is 14.2. The monoisotopic (exact) mass is 414 g/mol. The molecule has 0 fully saturated rings. The van der Waals surface area contributed by atoms with Crippen molar-refractivity contribution in [1.82, 2.24) is 9.78 Å². The number of hydrogen-bond acceptors (Lipinski definition) is 3. The molecule has 0 aliphatic heterocycles. The highest BCUT2D eigenvalue weighted by atomic mass is 35.5. The number of alkyl halides is 3. The lowest BCUT2D eigenvalue weighted by molar-refractivity contribution is -0.143. The molecule has 0 spiro atoms. The minimum absolute atomic E-state index is 0.0752. The van der Waals surface area contributed by atoms with Crippen LogP contribution in [0.1, 0.15) is 5.69 Å². The summed E-state index contributed by atoms with van der Waals surface area (Å²) in [5, 5.41) is 4.45. The quantitative estimate of drug-likeness (QED) is 0.616. The fraction of sp³-hybridized carbons (Fsp3) is 0.167. The number of aromatic nitrogens is 2. The topological polar surface area (TPSA) is 52.0 Å². The van der Waals surface area contributed by atoms with Crippen LogP contribution in [0.15, 0.2) is 53.4 Å². The van der Waals surface area contributed by atoms with Gasteiger partial charge in [-0.15, -0.1) is 0 Å². The van der Waals surface area contributed by atoms with Crippen LogP contribution in [0.5, 0.6) is 0 Å². The van der Waals surface area contributed by atoms with Crippen molar-refractivity contribution in [3.63, 3.8) is 0 Å². The molecule has 3 aromatic rings. The summed E-state index contributed by atoms with van der Waals surface area (Å²) in [5.74, 6) is 0. The average molecular weight is 415 g/mol. The Morgan fingerprint density at radius 1 is 0.963 bits per heavy atom. The summed E-state index contributed by atoms with van der Waals surface area (Å²) < 4.78 is 65.0. The highest BCUT2D eigenvalue weighted by Crippen LogP contribution is 2.42. The van der Waals surface area contributed by atoms with Gasteiger partial charge in [-0.25, -0.2) is 8.42 Å². The Kier molecular flexibility index (Phi) is 4.81. The van der Waals surface area contributed by atoms with Gasteiger partial charge in [0.1, 0.15) is 5.69 Å². The Morgan fingerprint density at radius 2 is 1.48 bits per heavy atom. The summed E-state index contributed by atoms with van der Waals surface area (Å²) in [6.07, 6.45) is -3.56. The van der Waals surface area contributed by atoms with E-state index in [2.05, 4.69) is 5.10 Å². The van der Waals surface area contributed by atoms with Gasteiger partial charge in [-0.2, -0.15) is 18.3 Å². The molecule has 3 rings (SSSR count). The summed E-state index contributed by atoms with van der Waals surface area (Å²) >= 11 is 5.85. The molecular weight excluding hydrogens is 401 g/mol. The summed E-state index contributed by atoms with van der Waals surface area (Å²) in [6, 6.07) is 11.6. The summed E-state index contributed by atoms with van der Waals surface area (Å²) in [7, 11) is -2.20. The Balaban J connectivity index is 2.26. The van der Waals surface area contributed by atoms with Crippen molar-refractivity contribution in [2.75, 3.05) is 6.26 Å². The van der Waals surface area contributed by atoms with Gasteiger partial charge in [-0.3, -0.25) is 4.68 Å². The minimum Gasteiger partial charge on any atom is -0.262 e. The van der Waals surface area contributed by atoms with Crippen molar-refractivity contribution in [3.05, 3.63) is 59.2 Å². The smallest absolute Gasteiger partial charge is 0.262 e. The Labute approximate surface area is 159 Å². The van der Waals surface area contributed by atoms with E-state index < -0.39 is 21.7 Å². The summed E-state index contributed by atoms with van der Waals surface area (Å²) in [4.78, 5) is 0.0752. The maximum Gasteiger partial charge on any atom is 0.433 e. The van der Waals surface area contributed by atoms with Crippen molar-refractivity contribution in [1.29, 1.82) is 0 Å². The summed E-state index contributed by atoms with van der Waals surface area (Å²) in [5.41, 5.74) is -0.201. The average Bonchev–Trinajstić information content (AvgIpc) is 2.92. The van der Waals surface area contributed by atoms with Crippen molar-refractivity contribution in [2.24, 2.45) is 7.05 Å². The highest BCUT2D eigenvalue weighted by molar-refractivity contribution is 7.90. The van der Waals surface area contributed by atoms with Gasteiger partial charge in [-0.1, -0.05) is 35.9 Å². The molecule has 4 nitrogen and oxygen atoms in total. The first-order valence-electron chi connectivity index (χ1n) is 7.69. The molecule has 0 unspecified atom stereocenters. The van der Waals surface area contributed by atoms with Crippen molar-refractivity contribution >= 4 is 21.4 Å². The lowest BCUT2D eigenvalue weighted by atomic mass is 9.98. The van der Waals surface area contributed by atoms with E-state index in [4.69, 9.17) is 11.6 Å². The van der Waals surface area contributed by atoms with Crippen LogP contribution in [0, 0.1) is 0 Å². The Hall–Kier alpha value is -2.32. The predicted octanol–water partition coefficient (Wildman–Crippen LogP) is 4.83. The Morgan fingerprint density at radius 3 is 1.96 bits per heavy atom. The molecule has 27 heavy (non-hydrogen) atoms. The van der Waals surface area contributed by atoms with Crippen LogP contribution in [0.2, 0.25) is 5.02 Å². The van der Waals surface area contributed by atoms with E-state index in [-0.39, 0.29) is 16.2 Å². The van der Waals surface area contributed by atoms with Crippen LogP contribution >= 0.6 is 11.6 Å². The van der Waals surface area contributed by atoms with Crippen LogP contribution in [0.25, 0.3) is 22.4 Å². The number of aryl methyl sites for hydroxylation is 1. The molecule has 9 heteroatoms. The molecule has 0 radical (unpaired) electrons. The van der Waals surface area contributed by atoms with E-state index >= 15 is 0 Å². The Bertz CT molecular complexity index is 1090. The SMILES string of the molecule is Cn1nc(-c2ccc(S(C)(=O)=O)cc2)c(-c2ccc(Cl)cc2)c1C(F)(F)F. The van der Waals surface area contributed by atoms with Gasteiger partial charge in [0.2, 0.25) is 0 Å². The first kappa shape index (κ1) is 19.4. The number of benzene rings is 2. The molecule has 0 atom stereocenters. The van der Waals surface area contributed by atoms with Gasteiger partial charge in [0.25, 0.3) is 0 Å². The first-order chi connectivity index (χ1) is 12.5. The van der Waals surface area contributed by atoms with E-state index in [0.717, 1.165) is 10.9 Å². The third-order valence-corrected chi connectivity index (χ3v) is 5.38. The van der Waals surface area contributed by atoms with E-state index in [1.54, 1.807) is 0 Å². The second-order valence-electron chi connectivity index (χ2n) is 6.00. The standard InChI is InChI=1S/C18H14ClF3N2O2S/c1-24-17(18(20,21)22)15(11-3-7-13(19)8-4-11)16(23-24)12-5-9-14(10-6-12)27(2,25)26/h3-10H,1-2H3. The second-order valence-corrected chi connectivity index (χ2v) is 8.45. The second kappa shape index (κ2) is 6.69. The van der Waals surface area contributed by atoms with E-state index in [0.29, 0.717) is 16.1 Å². The van der Waals surface area contributed by atoms with Crippen LogP contribution in [0.3, 0.4) is 0 Å². The molecule has 1 heterocycles. The number of halogens is 4. The molecule has 0 saturated carbocycles. The highest BCUT2D eigenvalue weighted by Gasteiger charge is 2.39. The van der Waals surface area contributed by atoms with E-state index in [9.17, 15) is 21.6 Å². The van der Waals surface area contributed by atoms with Crippen molar-refractivity contribution < 1.29 is 21.6 Å². The molecule has 1 aromatic heterocycles. The largest absolute Gasteiger partial charge is 0.433 e. The fourth-order valence-corrected chi connectivity index (χ4v) is 3.56. The molecule has 0 amide bonds. The van der Waals surface area contributed by atoms with Crippen LogP contribution in [-0.2, 0) is 23.1 Å². The lowest BCUT2D eigenvalue weighted by Crippen LogP contribution is -2.13. The van der Waals surface area contributed by atoms with E-state index in [1.807, 2.05) is 0 Å². The van der Waals surface area contributed by atoms with Crippen molar-refractivity contribution in [3.8, 4) is 22.4 Å². The van der Waals surface area contributed by atoms with Crippen LogP contribution in [0.4, 0.5) is 13.2 Å². The third kappa shape index (κ3) is 3.86. The predicted molar refractivity (Wildman–Crippen MR) is 97.2 cm³/mol. The number of nitrogens with zero attached hydrogens (tertiary/aromatic N) is 2. The van der Waals surface area contributed by atoms with Gasteiger partial charge in [0.15, 0.2) is 15.5 Å². The summed E-state index contributed by atoms with van der Waals surface area (Å²) in [6.45, 7) is 0. The van der Waals surface area contributed by atoms with Gasteiger partial charge in [0.05, 0.1) is 4.90 Å². The zero-order valence-corrected chi connectivity index (χ0v) is 15.8. The van der Waals surface area contributed by atoms with Crippen LogP contribution in [-0.4, -0.2) is 24.5 Å². The molecule has 142 valence electrons. The zero-order chi connectivity index (χ0) is 20.0. The molecule has 0 saturated heterocycles. The van der Waals surface area contributed by atoms with Gasteiger partial charge in [-0.05, 0) is 29.8 Å². The molecule has 0 aliphatic carbocycles. The fourth-order valence-electron chi connectivity index (χ4n) is 2.80. The number of sulfone groups is 1. The first-order valence-corrected chi connectivity index (χ1v) is 9.96. The number of rotatable bonds is 3. The van der Waals surface area contributed by atoms with Gasteiger partial charge < -0.3 is 0 Å². The molecule has 0 N–H and O–H groups in total. The maximum atomic E-state index is 13.7. The lowest BCUT2D eigenvalue weighted by Gasteiger charge is -2.11. The van der Waals surface area contributed by atoms with E-state index in [1.165, 1.54) is 55.6 Å². The molecular formula is C18H14ClF3N2O2S. The third-order valence-electron chi connectivity index (χ3n) is 4.00.